The number of rotatable bonds is 9. The molecule has 1 unspecified atom stereocenters. The van der Waals surface area contributed by atoms with E-state index in [0.29, 0.717) is 29.4 Å². The number of ether oxygens (including phenoxy) is 2. The molecule has 0 radical (unpaired) electrons. The Labute approximate surface area is 226 Å². The number of methoxy groups -OCH3 is 1. The second-order valence-corrected chi connectivity index (χ2v) is 10.6. The van der Waals surface area contributed by atoms with Crippen LogP contribution in [0.5, 0.6) is 11.5 Å². The van der Waals surface area contributed by atoms with Gasteiger partial charge in [0.2, 0.25) is 0 Å². The van der Waals surface area contributed by atoms with Crippen LogP contribution >= 0.6 is 11.8 Å². The van der Waals surface area contributed by atoms with Crippen molar-refractivity contribution < 1.29 is 19.1 Å². The zero-order chi connectivity index (χ0) is 26.5. The molecule has 5 rings (SSSR count). The van der Waals surface area contributed by atoms with Crippen LogP contribution in [-0.2, 0) is 6.54 Å². The standard InChI is InChI=1S/C29H32N4O4S/c1-3-26-27(20-13-14-24(36-2)25(17-20)37-22-10-4-5-11-22)32-33(29(35)38-26)18-19-8-6-9-21(16-19)31-28(34)23-12-7-15-30-23/h6-9,12-17,22,26,30H,3-5,10-11,18H2,1-2H3,(H,31,34). The molecule has 0 saturated heterocycles. The van der Waals surface area contributed by atoms with Crippen LogP contribution in [0.3, 0.4) is 0 Å². The summed E-state index contributed by atoms with van der Waals surface area (Å²) < 4.78 is 11.9. The molecule has 1 aromatic heterocycles. The first-order chi connectivity index (χ1) is 18.5. The number of hydrogen-bond donors (Lipinski definition) is 2. The van der Waals surface area contributed by atoms with Crippen molar-refractivity contribution in [1.29, 1.82) is 0 Å². The van der Waals surface area contributed by atoms with E-state index in [9.17, 15) is 9.59 Å². The molecular formula is C29H32N4O4S. The quantitative estimate of drug-likeness (QED) is 0.330. The highest BCUT2D eigenvalue weighted by molar-refractivity contribution is 8.14. The normalized spacial score (nSPS) is 17.8. The van der Waals surface area contributed by atoms with Crippen LogP contribution in [-0.4, -0.2) is 45.3 Å². The smallest absolute Gasteiger partial charge is 0.302 e. The molecule has 9 heteroatoms. The summed E-state index contributed by atoms with van der Waals surface area (Å²) in [6.07, 6.45) is 7.14. The Kier molecular flexibility index (Phi) is 8.03. The van der Waals surface area contributed by atoms with Gasteiger partial charge in [0.05, 0.1) is 30.7 Å². The highest BCUT2D eigenvalue weighted by Gasteiger charge is 2.31. The summed E-state index contributed by atoms with van der Waals surface area (Å²) in [4.78, 5) is 28.4. The van der Waals surface area contributed by atoms with Gasteiger partial charge in [-0.05, 0) is 80.1 Å². The monoisotopic (exact) mass is 532 g/mol. The molecule has 2 heterocycles. The third-order valence-corrected chi connectivity index (χ3v) is 8.03. The van der Waals surface area contributed by atoms with E-state index in [2.05, 4.69) is 17.2 Å². The van der Waals surface area contributed by atoms with Crippen LogP contribution in [0.4, 0.5) is 10.5 Å². The summed E-state index contributed by atoms with van der Waals surface area (Å²) in [5.41, 5.74) is 3.75. The fourth-order valence-electron chi connectivity index (χ4n) is 4.80. The van der Waals surface area contributed by atoms with Crippen LogP contribution in [0, 0.1) is 0 Å². The van der Waals surface area contributed by atoms with Gasteiger partial charge in [0.25, 0.3) is 5.91 Å². The lowest BCUT2D eigenvalue weighted by Gasteiger charge is -2.29. The van der Waals surface area contributed by atoms with Crippen molar-refractivity contribution in [3.63, 3.8) is 0 Å². The van der Waals surface area contributed by atoms with Crippen LogP contribution < -0.4 is 14.8 Å². The van der Waals surface area contributed by atoms with Crippen molar-refractivity contribution in [2.24, 2.45) is 5.10 Å². The lowest BCUT2D eigenvalue weighted by molar-refractivity contribution is 0.102. The van der Waals surface area contributed by atoms with Gasteiger partial charge < -0.3 is 19.8 Å². The number of hydrogen-bond acceptors (Lipinski definition) is 6. The van der Waals surface area contributed by atoms with E-state index in [-0.39, 0.29) is 22.5 Å². The Morgan fingerprint density at radius 2 is 1.97 bits per heavy atom. The first-order valence-corrected chi connectivity index (χ1v) is 13.9. The maximum absolute atomic E-state index is 13.0. The molecule has 2 N–H and O–H groups in total. The van der Waals surface area contributed by atoms with Crippen molar-refractivity contribution >= 4 is 34.3 Å². The summed E-state index contributed by atoms with van der Waals surface area (Å²) in [7, 11) is 1.65. The van der Waals surface area contributed by atoms with E-state index >= 15 is 0 Å². The van der Waals surface area contributed by atoms with E-state index in [1.54, 1.807) is 25.4 Å². The number of carbonyl (C=O) groups excluding carboxylic acids is 2. The van der Waals surface area contributed by atoms with E-state index in [4.69, 9.17) is 14.6 Å². The average molecular weight is 533 g/mol. The van der Waals surface area contributed by atoms with E-state index in [1.165, 1.54) is 29.6 Å². The number of anilines is 1. The molecule has 1 aliphatic carbocycles. The molecule has 2 aromatic carbocycles. The van der Waals surface area contributed by atoms with E-state index in [1.807, 2.05) is 42.5 Å². The van der Waals surface area contributed by atoms with Gasteiger partial charge in [-0.1, -0.05) is 30.8 Å². The largest absolute Gasteiger partial charge is 0.493 e. The van der Waals surface area contributed by atoms with E-state index < -0.39 is 0 Å². The number of hydrazone groups is 1. The lowest BCUT2D eigenvalue weighted by atomic mass is 10.0. The Bertz CT molecular complexity index is 1320. The fraction of sp³-hybridized carbons (Fsp3) is 0.345. The summed E-state index contributed by atoms with van der Waals surface area (Å²) in [6, 6.07) is 16.8. The number of aromatic amines is 1. The number of H-pyrrole nitrogens is 1. The molecular weight excluding hydrogens is 500 g/mol. The Morgan fingerprint density at radius 1 is 1.13 bits per heavy atom. The minimum Gasteiger partial charge on any atom is -0.493 e. The number of amides is 2. The minimum absolute atomic E-state index is 0.0575. The van der Waals surface area contributed by atoms with Gasteiger partial charge in [0.1, 0.15) is 5.69 Å². The Hall–Kier alpha value is -3.72. The molecule has 2 aliphatic rings. The van der Waals surface area contributed by atoms with Gasteiger partial charge in [-0.15, -0.1) is 0 Å². The van der Waals surface area contributed by atoms with Crippen molar-refractivity contribution in [2.45, 2.75) is 56.9 Å². The SMILES string of the molecule is CCC1SC(=O)N(Cc2cccc(NC(=O)c3ccc[nH]3)c2)N=C1c1ccc(OC)c(OC2CCCC2)c1. The topological polar surface area (TPSA) is 96.0 Å². The van der Waals surface area contributed by atoms with Crippen molar-refractivity contribution in [2.75, 3.05) is 12.4 Å². The molecule has 0 bridgehead atoms. The zero-order valence-electron chi connectivity index (χ0n) is 21.6. The predicted octanol–water partition coefficient (Wildman–Crippen LogP) is 6.45. The van der Waals surface area contributed by atoms with Crippen LogP contribution in [0.1, 0.15) is 60.6 Å². The molecule has 0 spiro atoms. The molecule has 2 amide bonds. The van der Waals surface area contributed by atoms with Gasteiger partial charge in [-0.2, -0.15) is 5.10 Å². The molecule has 1 fully saturated rings. The van der Waals surface area contributed by atoms with Crippen LogP contribution in [0.25, 0.3) is 0 Å². The van der Waals surface area contributed by atoms with Crippen molar-refractivity contribution in [3.8, 4) is 11.5 Å². The van der Waals surface area contributed by atoms with Gasteiger partial charge in [0.15, 0.2) is 11.5 Å². The highest BCUT2D eigenvalue weighted by atomic mass is 32.2. The van der Waals surface area contributed by atoms with Gasteiger partial charge in [0, 0.05) is 17.4 Å². The average Bonchev–Trinajstić information content (AvgIpc) is 3.65. The Morgan fingerprint density at radius 3 is 2.71 bits per heavy atom. The lowest BCUT2D eigenvalue weighted by Crippen LogP contribution is -2.34. The molecule has 3 aromatic rings. The zero-order valence-corrected chi connectivity index (χ0v) is 22.4. The molecule has 1 saturated carbocycles. The first kappa shape index (κ1) is 25.9. The van der Waals surface area contributed by atoms with Crippen molar-refractivity contribution in [3.05, 3.63) is 77.6 Å². The van der Waals surface area contributed by atoms with Crippen LogP contribution in [0.15, 0.2) is 65.9 Å². The van der Waals surface area contributed by atoms with Crippen molar-refractivity contribution in [1.82, 2.24) is 9.99 Å². The van der Waals surface area contributed by atoms with Crippen LogP contribution in [0.2, 0.25) is 0 Å². The minimum atomic E-state index is -0.224. The number of nitrogens with one attached hydrogen (secondary N) is 2. The van der Waals surface area contributed by atoms with Gasteiger partial charge >= 0.3 is 5.24 Å². The maximum Gasteiger partial charge on any atom is 0.302 e. The summed E-state index contributed by atoms with van der Waals surface area (Å²) in [5, 5.41) is 9.06. The number of carbonyl (C=O) groups is 2. The molecule has 1 aliphatic heterocycles. The molecule has 38 heavy (non-hydrogen) atoms. The second kappa shape index (κ2) is 11.8. The predicted molar refractivity (Wildman–Crippen MR) is 150 cm³/mol. The molecule has 8 nitrogen and oxygen atoms in total. The fourth-order valence-corrected chi connectivity index (χ4v) is 5.73. The van der Waals surface area contributed by atoms with Gasteiger partial charge in [-0.25, -0.2) is 5.01 Å². The van der Waals surface area contributed by atoms with Gasteiger partial charge in [-0.3, -0.25) is 9.59 Å². The molecule has 1 atom stereocenters. The number of benzene rings is 2. The summed E-state index contributed by atoms with van der Waals surface area (Å²) in [6.45, 7) is 2.35. The third kappa shape index (κ3) is 5.88. The number of aromatic nitrogens is 1. The molecule has 198 valence electrons. The highest BCUT2D eigenvalue weighted by Crippen LogP contribution is 2.36. The number of nitrogens with zero attached hydrogens (tertiary/aromatic N) is 2. The first-order valence-electron chi connectivity index (χ1n) is 13.0. The van der Waals surface area contributed by atoms with E-state index in [0.717, 1.165) is 36.1 Å². The number of thioether (sulfide) groups is 1. The third-order valence-electron chi connectivity index (χ3n) is 6.77. The second-order valence-electron chi connectivity index (χ2n) is 9.45. The maximum atomic E-state index is 13.0. The summed E-state index contributed by atoms with van der Waals surface area (Å²) >= 11 is 1.29. The summed E-state index contributed by atoms with van der Waals surface area (Å²) in [5.74, 6) is 1.19. The Balaban J connectivity index is 1.38.